The average molecular weight is 413 g/mol. The minimum Gasteiger partial charge on any atom is -0.478 e. The third-order valence-corrected chi connectivity index (χ3v) is 5.47. The molecule has 2 N–H and O–H groups in total. The van der Waals surface area contributed by atoms with Gasteiger partial charge in [-0.05, 0) is 42.5 Å². The second-order valence-electron chi connectivity index (χ2n) is 5.43. The molecule has 0 aliphatic rings. The predicted octanol–water partition coefficient (Wildman–Crippen LogP) is 3.91. The highest BCUT2D eigenvalue weighted by molar-refractivity contribution is 7.92. The quantitative estimate of drug-likeness (QED) is 0.665. The molecule has 0 aliphatic heterocycles. The Morgan fingerprint density at radius 1 is 1.07 bits per heavy atom. The maximum absolute atomic E-state index is 14.1. The molecule has 3 aromatic rings. The highest BCUT2D eigenvalue weighted by Crippen LogP contribution is 2.28. The average Bonchev–Trinajstić information content (AvgIpc) is 3.10. The van der Waals surface area contributed by atoms with E-state index in [1.54, 1.807) is 29.1 Å². The Bertz CT molecular complexity index is 1130. The van der Waals surface area contributed by atoms with Crippen molar-refractivity contribution in [2.24, 2.45) is 0 Å². The SMILES string of the molecule is O=C(O)c1cc(S(=O)(=O)Nc2cc(-n3cccc3)ccc2F)c(Cl)cc1F. The van der Waals surface area contributed by atoms with Crippen LogP contribution < -0.4 is 4.72 Å². The van der Waals surface area contributed by atoms with E-state index in [2.05, 4.69) is 0 Å². The van der Waals surface area contributed by atoms with Crippen LogP contribution in [0.25, 0.3) is 5.69 Å². The van der Waals surface area contributed by atoms with Crippen molar-refractivity contribution in [1.82, 2.24) is 4.57 Å². The van der Waals surface area contributed by atoms with Gasteiger partial charge >= 0.3 is 5.97 Å². The summed E-state index contributed by atoms with van der Waals surface area (Å²) in [5.41, 5.74) is -0.768. The molecule has 1 aromatic heterocycles. The van der Waals surface area contributed by atoms with Crippen molar-refractivity contribution in [3.63, 3.8) is 0 Å². The lowest BCUT2D eigenvalue weighted by Gasteiger charge is -2.13. The van der Waals surface area contributed by atoms with Crippen molar-refractivity contribution in [2.45, 2.75) is 4.90 Å². The van der Waals surface area contributed by atoms with Crippen LogP contribution in [-0.4, -0.2) is 24.1 Å². The van der Waals surface area contributed by atoms with Gasteiger partial charge in [-0.25, -0.2) is 22.0 Å². The van der Waals surface area contributed by atoms with Crippen LogP contribution >= 0.6 is 11.6 Å². The number of rotatable bonds is 5. The summed E-state index contributed by atoms with van der Waals surface area (Å²) in [5, 5.41) is 8.43. The van der Waals surface area contributed by atoms with Gasteiger partial charge in [-0.1, -0.05) is 11.6 Å². The summed E-state index contributed by atoms with van der Waals surface area (Å²) in [4.78, 5) is 10.4. The Hall–Kier alpha value is -2.91. The lowest BCUT2D eigenvalue weighted by atomic mass is 10.2. The van der Waals surface area contributed by atoms with Gasteiger partial charge in [0.05, 0.1) is 16.3 Å². The number of hydrogen-bond donors (Lipinski definition) is 2. The van der Waals surface area contributed by atoms with Gasteiger partial charge in [0.2, 0.25) is 0 Å². The molecule has 0 saturated carbocycles. The molecule has 1 heterocycles. The third-order valence-electron chi connectivity index (χ3n) is 3.64. The number of benzene rings is 2. The molecule has 0 spiro atoms. The van der Waals surface area contributed by atoms with E-state index in [0.29, 0.717) is 17.8 Å². The fraction of sp³-hybridized carbons (Fsp3) is 0. The number of aromatic nitrogens is 1. The number of hydrogen-bond acceptors (Lipinski definition) is 3. The maximum atomic E-state index is 14.1. The summed E-state index contributed by atoms with van der Waals surface area (Å²) in [7, 11) is -4.49. The highest BCUT2D eigenvalue weighted by Gasteiger charge is 2.24. The van der Waals surface area contributed by atoms with Crippen molar-refractivity contribution < 1.29 is 27.1 Å². The molecule has 0 amide bonds. The Balaban J connectivity index is 2.04. The lowest BCUT2D eigenvalue weighted by molar-refractivity contribution is 0.0691. The number of carboxylic acids is 1. The number of anilines is 1. The van der Waals surface area contributed by atoms with Crippen molar-refractivity contribution in [3.8, 4) is 5.69 Å². The van der Waals surface area contributed by atoms with Gasteiger partial charge in [-0.3, -0.25) is 4.72 Å². The van der Waals surface area contributed by atoms with Gasteiger partial charge in [0.25, 0.3) is 10.0 Å². The van der Waals surface area contributed by atoms with Crippen molar-refractivity contribution in [1.29, 1.82) is 0 Å². The fourth-order valence-electron chi connectivity index (χ4n) is 2.36. The van der Waals surface area contributed by atoms with Gasteiger partial charge in [0.1, 0.15) is 16.5 Å². The van der Waals surface area contributed by atoms with Gasteiger partial charge in [0.15, 0.2) is 0 Å². The number of nitrogens with one attached hydrogen (secondary N) is 1. The van der Waals surface area contributed by atoms with Crippen molar-refractivity contribution >= 4 is 33.3 Å². The van der Waals surface area contributed by atoms with Crippen LogP contribution in [0.3, 0.4) is 0 Å². The third kappa shape index (κ3) is 3.79. The van der Waals surface area contributed by atoms with E-state index in [-0.39, 0.29) is 5.69 Å². The van der Waals surface area contributed by atoms with Crippen LogP contribution in [0.5, 0.6) is 0 Å². The van der Waals surface area contributed by atoms with Crippen LogP contribution in [-0.2, 0) is 10.0 Å². The smallest absolute Gasteiger partial charge is 0.338 e. The van der Waals surface area contributed by atoms with E-state index >= 15 is 0 Å². The van der Waals surface area contributed by atoms with E-state index < -0.39 is 43.1 Å². The summed E-state index contributed by atoms with van der Waals surface area (Å²) < 4.78 is 56.5. The topological polar surface area (TPSA) is 88.4 Å². The van der Waals surface area contributed by atoms with Crippen LogP contribution in [0.15, 0.2) is 59.8 Å². The standard InChI is InChI=1S/C17H11ClF2N2O4S/c18-12-9-14(20)11(17(23)24)8-16(12)27(25,26)21-15-7-10(3-4-13(15)19)22-5-1-2-6-22/h1-9,21H,(H,23,24). The molecule has 0 aliphatic carbocycles. The summed E-state index contributed by atoms with van der Waals surface area (Å²) in [6.45, 7) is 0. The van der Waals surface area contributed by atoms with Crippen LogP contribution in [0.1, 0.15) is 10.4 Å². The minimum atomic E-state index is -4.49. The summed E-state index contributed by atoms with van der Waals surface area (Å²) >= 11 is 5.76. The molecule has 0 atom stereocenters. The molecular weight excluding hydrogens is 402 g/mol. The summed E-state index contributed by atoms with van der Waals surface area (Å²) in [6, 6.07) is 8.39. The lowest BCUT2D eigenvalue weighted by Crippen LogP contribution is -2.16. The molecule has 0 saturated heterocycles. The zero-order valence-electron chi connectivity index (χ0n) is 13.4. The predicted molar refractivity (Wildman–Crippen MR) is 94.9 cm³/mol. The van der Waals surface area contributed by atoms with E-state index in [9.17, 15) is 22.0 Å². The Morgan fingerprint density at radius 3 is 2.37 bits per heavy atom. The molecule has 0 bridgehead atoms. The minimum absolute atomic E-state index is 0.376. The second kappa shape index (κ2) is 7.01. The first-order valence-corrected chi connectivity index (χ1v) is 9.23. The molecule has 3 rings (SSSR count). The van der Waals surface area contributed by atoms with Crippen molar-refractivity contribution in [3.05, 3.63) is 77.1 Å². The molecule has 0 unspecified atom stereocenters. The Morgan fingerprint density at radius 2 is 1.74 bits per heavy atom. The maximum Gasteiger partial charge on any atom is 0.338 e. The van der Waals surface area contributed by atoms with Crippen LogP contribution in [0.2, 0.25) is 5.02 Å². The van der Waals surface area contributed by atoms with Gasteiger partial charge in [-0.2, -0.15) is 0 Å². The molecule has 2 aromatic carbocycles. The molecule has 0 fully saturated rings. The van der Waals surface area contributed by atoms with Crippen LogP contribution in [0.4, 0.5) is 14.5 Å². The first-order chi connectivity index (χ1) is 12.7. The molecule has 140 valence electrons. The van der Waals surface area contributed by atoms with E-state index in [4.69, 9.17) is 16.7 Å². The number of aromatic carboxylic acids is 1. The number of halogens is 3. The summed E-state index contributed by atoms with van der Waals surface area (Å²) in [6.07, 6.45) is 3.36. The molecular formula is C17H11ClF2N2O4S. The first-order valence-electron chi connectivity index (χ1n) is 7.37. The largest absolute Gasteiger partial charge is 0.478 e. The number of sulfonamides is 1. The molecule has 27 heavy (non-hydrogen) atoms. The van der Waals surface area contributed by atoms with Crippen LogP contribution in [0, 0.1) is 11.6 Å². The molecule has 6 nitrogen and oxygen atoms in total. The molecule has 0 radical (unpaired) electrons. The van der Waals surface area contributed by atoms with Gasteiger partial charge in [0, 0.05) is 18.1 Å². The Kier molecular flexibility index (Phi) is 4.90. The van der Waals surface area contributed by atoms with Crippen molar-refractivity contribution in [2.75, 3.05) is 4.72 Å². The zero-order valence-corrected chi connectivity index (χ0v) is 14.9. The first kappa shape index (κ1) is 18.9. The molecule has 10 heteroatoms. The van der Waals surface area contributed by atoms with E-state index in [0.717, 1.165) is 6.07 Å². The van der Waals surface area contributed by atoms with Gasteiger partial charge < -0.3 is 9.67 Å². The monoisotopic (exact) mass is 412 g/mol. The fourth-order valence-corrected chi connectivity index (χ4v) is 3.96. The summed E-state index contributed by atoms with van der Waals surface area (Å²) in [5.74, 6) is -3.71. The van der Waals surface area contributed by atoms with E-state index in [1.807, 2.05) is 4.72 Å². The highest BCUT2D eigenvalue weighted by atomic mass is 35.5. The number of nitrogens with zero attached hydrogens (tertiary/aromatic N) is 1. The number of carboxylic acid groups (broad SMARTS) is 1. The number of carbonyl (C=O) groups is 1. The second-order valence-corrected chi connectivity index (χ2v) is 7.49. The Labute approximate surface area is 157 Å². The zero-order chi connectivity index (χ0) is 19.8. The van der Waals surface area contributed by atoms with Gasteiger partial charge in [-0.15, -0.1) is 0 Å². The van der Waals surface area contributed by atoms with E-state index in [1.165, 1.54) is 12.1 Å². The normalized spacial score (nSPS) is 11.4.